The molecular weight excluding hydrogens is 572 g/mol. The van der Waals surface area contributed by atoms with Crippen molar-refractivity contribution in [3.63, 3.8) is 0 Å². The van der Waals surface area contributed by atoms with E-state index in [4.69, 9.17) is 11.6 Å². The molecular formula is C24H19Br2ClN4O2. The van der Waals surface area contributed by atoms with Gasteiger partial charge in [0.2, 0.25) is 6.33 Å². The van der Waals surface area contributed by atoms with E-state index in [-0.39, 0.29) is 28.8 Å². The second kappa shape index (κ2) is 9.75. The zero-order valence-corrected chi connectivity index (χ0v) is 21.3. The van der Waals surface area contributed by atoms with Gasteiger partial charge in [-0.05, 0) is 36.1 Å². The molecule has 4 aromatic rings. The van der Waals surface area contributed by atoms with E-state index in [0.29, 0.717) is 37.2 Å². The highest BCUT2D eigenvalue weighted by Crippen LogP contribution is 2.34. The Labute approximate surface area is 214 Å². The predicted molar refractivity (Wildman–Crippen MR) is 125 cm³/mol. The molecule has 0 spiro atoms. The Hall–Kier alpha value is -2.55. The van der Waals surface area contributed by atoms with E-state index in [2.05, 4.69) is 21.0 Å². The molecule has 9 heteroatoms. The number of carbonyl (C=O) groups excluding carboxylic acids is 2. The average Bonchev–Trinajstić information content (AvgIpc) is 3.24. The number of amides is 2. The van der Waals surface area contributed by atoms with Gasteiger partial charge in [-0.25, -0.2) is 4.57 Å². The fraction of sp³-hybridized carbons (Fsp3) is 0.167. The minimum absolute atomic E-state index is 0. The topological polar surface area (TPSA) is 59.1 Å². The molecule has 2 amide bonds. The summed E-state index contributed by atoms with van der Waals surface area (Å²) in [5.41, 5.74) is 2.15. The van der Waals surface area contributed by atoms with Gasteiger partial charge < -0.3 is 17.0 Å². The van der Waals surface area contributed by atoms with Crippen LogP contribution in [-0.2, 0) is 13.1 Å². The molecule has 2 heterocycles. The smallest absolute Gasteiger partial charge is 0.265 e. The second-order valence-corrected chi connectivity index (χ2v) is 8.97. The number of hydrogen-bond donors (Lipinski definition) is 0. The summed E-state index contributed by atoms with van der Waals surface area (Å²) in [5.74, 6) is -0.499. The lowest BCUT2D eigenvalue weighted by atomic mass is 9.94. The van der Waals surface area contributed by atoms with Crippen LogP contribution >= 0.6 is 27.5 Å². The van der Waals surface area contributed by atoms with Crippen molar-refractivity contribution in [2.24, 2.45) is 0 Å². The quantitative estimate of drug-likeness (QED) is 0.253. The lowest BCUT2D eigenvalue weighted by Crippen LogP contribution is -3.00. The van der Waals surface area contributed by atoms with E-state index in [9.17, 15) is 9.59 Å². The first-order valence-electron chi connectivity index (χ1n) is 10.3. The molecule has 0 saturated heterocycles. The number of benzene rings is 3. The van der Waals surface area contributed by atoms with Crippen molar-refractivity contribution in [1.29, 1.82) is 0 Å². The van der Waals surface area contributed by atoms with Gasteiger partial charge in [0.05, 0.1) is 6.54 Å². The Bertz CT molecular complexity index is 1350. The van der Waals surface area contributed by atoms with Crippen LogP contribution in [0.25, 0.3) is 10.8 Å². The van der Waals surface area contributed by atoms with Gasteiger partial charge in [0.1, 0.15) is 6.54 Å². The molecule has 33 heavy (non-hydrogen) atoms. The Balaban J connectivity index is 0.00000259. The molecule has 0 saturated carbocycles. The minimum atomic E-state index is -0.250. The monoisotopic (exact) mass is 588 g/mol. The molecule has 0 unspecified atom stereocenters. The summed E-state index contributed by atoms with van der Waals surface area (Å²) in [4.78, 5) is 27.5. The predicted octanol–water partition coefficient (Wildman–Crippen LogP) is 1.48. The van der Waals surface area contributed by atoms with E-state index in [1.165, 1.54) is 4.90 Å². The average molecular weight is 591 g/mol. The third-order valence-corrected chi connectivity index (χ3v) is 6.71. The van der Waals surface area contributed by atoms with Gasteiger partial charge in [0.15, 0.2) is 0 Å². The molecule has 168 valence electrons. The normalized spacial score (nSPS) is 12.8. The lowest BCUT2D eigenvalue weighted by molar-refractivity contribution is -0.689. The molecule has 0 bridgehead atoms. The molecule has 3 aromatic carbocycles. The van der Waals surface area contributed by atoms with Crippen LogP contribution in [0.5, 0.6) is 0 Å². The first-order valence-corrected chi connectivity index (χ1v) is 11.4. The Morgan fingerprint density at radius 3 is 2.48 bits per heavy atom. The van der Waals surface area contributed by atoms with Crippen LogP contribution in [0, 0.1) is 0 Å². The van der Waals surface area contributed by atoms with Crippen molar-refractivity contribution in [2.45, 2.75) is 19.5 Å². The van der Waals surface area contributed by atoms with Crippen LogP contribution in [0.2, 0.25) is 5.02 Å². The van der Waals surface area contributed by atoms with E-state index in [1.807, 2.05) is 58.0 Å². The summed E-state index contributed by atoms with van der Waals surface area (Å²) >= 11 is 9.75. The molecule has 6 nitrogen and oxygen atoms in total. The molecule has 0 fully saturated rings. The zero-order valence-electron chi connectivity index (χ0n) is 17.4. The van der Waals surface area contributed by atoms with Gasteiger partial charge in [-0.3, -0.25) is 14.5 Å². The Kier molecular flexibility index (Phi) is 6.97. The number of rotatable bonds is 6. The third-order valence-electron chi connectivity index (χ3n) is 5.65. The summed E-state index contributed by atoms with van der Waals surface area (Å²) in [5, 5.41) is 6.70. The van der Waals surface area contributed by atoms with Crippen LogP contribution in [0.15, 0.2) is 71.7 Å². The third kappa shape index (κ3) is 4.47. The maximum absolute atomic E-state index is 13.1. The van der Waals surface area contributed by atoms with Crippen molar-refractivity contribution in [3.8, 4) is 0 Å². The van der Waals surface area contributed by atoms with E-state index in [0.717, 1.165) is 25.8 Å². The first-order chi connectivity index (χ1) is 15.5. The van der Waals surface area contributed by atoms with E-state index < -0.39 is 0 Å². The van der Waals surface area contributed by atoms with Gasteiger partial charge in [0.25, 0.3) is 18.1 Å². The van der Waals surface area contributed by atoms with Crippen molar-refractivity contribution < 1.29 is 31.1 Å². The Morgan fingerprint density at radius 2 is 1.70 bits per heavy atom. The number of halogens is 3. The van der Waals surface area contributed by atoms with Crippen LogP contribution in [0.1, 0.15) is 32.7 Å². The van der Waals surface area contributed by atoms with Gasteiger partial charge in [-0.15, -0.1) is 4.68 Å². The maximum atomic E-state index is 13.1. The Morgan fingerprint density at radius 1 is 0.939 bits per heavy atom. The van der Waals surface area contributed by atoms with Gasteiger partial charge in [-0.1, -0.05) is 57.9 Å². The number of aryl methyl sites for hydroxylation is 1. The van der Waals surface area contributed by atoms with Crippen LogP contribution in [0.3, 0.4) is 0 Å². The maximum Gasteiger partial charge on any atom is 0.265 e. The molecule has 0 atom stereocenters. The largest absolute Gasteiger partial charge is 1.00 e. The number of carbonyl (C=O) groups is 2. The SMILES string of the molecule is O=C1c2cccc3c(Br)ccc(c23)C(=O)N1CCCn1c[n+](Cc2ccccc2Cl)cn1.[Br-]. The molecule has 0 aliphatic carbocycles. The summed E-state index contributed by atoms with van der Waals surface area (Å²) in [6.45, 7) is 1.54. The molecule has 5 rings (SSSR count). The van der Waals surface area contributed by atoms with Gasteiger partial charge in [-0.2, -0.15) is 0 Å². The van der Waals surface area contributed by atoms with Crippen molar-refractivity contribution in [1.82, 2.24) is 14.7 Å². The van der Waals surface area contributed by atoms with Gasteiger partial charge in [0, 0.05) is 43.2 Å². The van der Waals surface area contributed by atoms with Crippen molar-refractivity contribution in [3.05, 3.63) is 93.4 Å². The fourth-order valence-corrected chi connectivity index (χ4v) is 4.75. The number of hydrogen-bond acceptors (Lipinski definition) is 3. The van der Waals surface area contributed by atoms with Crippen molar-refractivity contribution >= 4 is 50.1 Å². The highest BCUT2D eigenvalue weighted by Gasteiger charge is 2.32. The standard InChI is InChI=1S/C24H19BrClN4O2.BrH/c25-20-10-9-19-22-17(20)6-3-7-18(22)23(31)30(24(19)32)12-4-11-29-15-28(14-27-29)13-16-5-1-2-8-21(16)26;/h1-3,5-10,14-15H,4,11-13H2;1H/q+1;/p-1. The summed E-state index contributed by atoms with van der Waals surface area (Å²) in [6, 6.07) is 16.9. The van der Waals surface area contributed by atoms with Crippen molar-refractivity contribution in [2.75, 3.05) is 6.54 Å². The number of aromatic nitrogens is 3. The molecule has 1 aromatic heterocycles. The zero-order chi connectivity index (χ0) is 22.2. The summed E-state index contributed by atoms with van der Waals surface area (Å²) < 4.78 is 4.63. The second-order valence-electron chi connectivity index (χ2n) is 7.71. The minimum Gasteiger partial charge on any atom is -1.00 e. The highest BCUT2D eigenvalue weighted by atomic mass is 79.9. The number of imide groups is 1. The fourth-order valence-electron chi connectivity index (χ4n) is 4.09. The van der Waals surface area contributed by atoms with Crippen LogP contribution in [0.4, 0.5) is 0 Å². The van der Waals surface area contributed by atoms with E-state index >= 15 is 0 Å². The summed E-state index contributed by atoms with van der Waals surface area (Å²) in [7, 11) is 0. The lowest BCUT2D eigenvalue weighted by Gasteiger charge is -2.27. The highest BCUT2D eigenvalue weighted by molar-refractivity contribution is 9.10. The molecule has 0 N–H and O–H groups in total. The first kappa shape index (κ1) is 23.6. The number of nitrogens with zero attached hydrogens (tertiary/aromatic N) is 4. The molecule has 1 aliphatic rings. The van der Waals surface area contributed by atoms with Crippen LogP contribution < -0.4 is 21.5 Å². The summed E-state index contributed by atoms with van der Waals surface area (Å²) in [6.07, 6.45) is 4.25. The van der Waals surface area contributed by atoms with Gasteiger partial charge >= 0.3 is 0 Å². The van der Waals surface area contributed by atoms with Crippen LogP contribution in [-0.4, -0.2) is 33.0 Å². The molecule has 1 aliphatic heterocycles. The van der Waals surface area contributed by atoms with E-state index in [1.54, 1.807) is 18.5 Å². The molecule has 0 radical (unpaired) electrons.